The van der Waals surface area contributed by atoms with E-state index in [0.29, 0.717) is 13.2 Å². The predicted octanol–water partition coefficient (Wildman–Crippen LogP) is 4.31. The van der Waals surface area contributed by atoms with E-state index in [0.717, 1.165) is 6.54 Å². The fourth-order valence-corrected chi connectivity index (χ4v) is 2.66. The van der Waals surface area contributed by atoms with Crippen LogP contribution < -0.4 is 0 Å². The molecular weight excluding hydrogens is 221 g/mol. The molecule has 0 fully saturated rings. The monoisotopic (exact) mass is 247 g/mol. The van der Waals surface area contributed by atoms with Gasteiger partial charge in [-0.3, -0.25) is 0 Å². The Morgan fingerprint density at radius 2 is 1.69 bits per heavy atom. The van der Waals surface area contributed by atoms with Crippen LogP contribution in [0.2, 0.25) is 0 Å². The summed E-state index contributed by atoms with van der Waals surface area (Å²) in [5.41, 5.74) is 1.28. The van der Waals surface area contributed by atoms with Crippen LogP contribution in [0.15, 0.2) is 11.8 Å². The Balaban J connectivity index is 4.45. The van der Waals surface area contributed by atoms with Gasteiger partial charge in [0.1, 0.15) is 0 Å². The Bertz CT molecular complexity index is 187. The fourth-order valence-electron chi connectivity index (χ4n) is 1.22. The summed E-state index contributed by atoms with van der Waals surface area (Å²) in [6.07, 6.45) is 4.50. The zero-order valence-corrected chi connectivity index (χ0v) is 12.2. The second kappa shape index (κ2) is 10.1. The number of allylic oxidation sites excluding steroid dienone is 1. The smallest absolute Gasteiger partial charge is 0.289 e. The molecule has 0 heterocycles. The maximum absolute atomic E-state index is 5.67. The molecular formula is C12H26NO2P. The van der Waals surface area contributed by atoms with Crippen LogP contribution in [0.4, 0.5) is 0 Å². The summed E-state index contributed by atoms with van der Waals surface area (Å²) in [4.78, 5) is 0. The van der Waals surface area contributed by atoms with Gasteiger partial charge in [-0.2, -0.15) is 0 Å². The van der Waals surface area contributed by atoms with E-state index in [1.54, 1.807) is 0 Å². The standard InChI is InChI=1S/C12H26NO2P/c1-6-9-10-13(11-12(4)5)16(14-7-2)15-8-3/h11H,6-10H2,1-5H3. The highest BCUT2D eigenvalue weighted by molar-refractivity contribution is 7.44. The molecule has 0 amide bonds. The lowest BCUT2D eigenvalue weighted by atomic mass is 10.3. The van der Waals surface area contributed by atoms with Gasteiger partial charge in [-0.1, -0.05) is 18.9 Å². The minimum absolute atomic E-state index is 0.699. The van der Waals surface area contributed by atoms with Crippen LogP contribution in [0.25, 0.3) is 0 Å². The number of hydrogen-bond donors (Lipinski definition) is 0. The van der Waals surface area contributed by atoms with Crippen molar-refractivity contribution >= 4 is 8.53 Å². The first-order valence-electron chi connectivity index (χ1n) is 6.13. The first-order chi connectivity index (χ1) is 7.65. The van der Waals surface area contributed by atoms with Crippen LogP contribution in [-0.2, 0) is 9.05 Å². The first-order valence-corrected chi connectivity index (χ1v) is 7.26. The Hall–Kier alpha value is -0.110. The van der Waals surface area contributed by atoms with Crippen LogP contribution in [0.5, 0.6) is 0 Å². The lowest BCUT2D eigenvalue weighted by Crippen LogP contribution is -2.16. The molecule has 0 aromatic heterocycles. The minimum Gasteiger partial charge on any atom is -0.318 e. The van der Waals surface area contributed by atoms with Crippen molar-refractivity contribution in [2.75, 3.05) is 19.8 Å². The number of unbranched alkanes of at least 4 members (excludes halogenated alkanes) is 1. The summed E-state index contributed by atoms with van der Waals surface area (Å²) in [7, 11) is -0.911. The summed E-state index contributed by atoms with van der Waals surface area (Å²) < 4.78 is 13.5. The lowest BCUT2D eigenvalue weighted by molar-refractivity contribution is 0.234. The Labute approximate surface area is 102 Å². The molecule has 0 radical (unpaired) electrons. The van der Waals surface area contributed by atoms with E-state index in [1.807, 2.05) is 13.8 Å². The molecule has 96 valence electrons. The van der Waals surface area contributed by atoms with Gasteiger partial charge >= 0.3 is 0 Å². The van der Waals surface area contributed by atoms with Crippen molar-refractivity contribution in [2.45, 2.75) is 47.5 Å². The predicted molar refractivity (Wildman–Crippen MR) is 71.2 cm³/mol. The molecule has 0 saturated heterocycles. The molecule has 0 rings (SSSR count). The molecule has 16 heavy (non-hydrogen) atoms. The Morgan fingerprint density at radius 3 is 2.06 bits per heavy atom. The number of nitrogens with zero attached hydrogens (tertiary/aromatic N) is 1. The molecule has 3 nitrogen and oxygen atoms in total. The normalized spacial score (nSPS) is 10.6. The SMILES string of the molecule is CCCCN(C=C(C)C)P(OCC)OCC. The van der Waals surface area contributed by atoms with Crippen LogP contribution in [0, 0.1) is 0 Å². The van der Waals surface area contributed by atoms with Crippen molar-refractivity contribution in [3.8, 4) is 0 Å². The minimum atomic E-state index is -0.911. The Morgan fingerprint density at radius 1 is 1.12 bits per heavy atom. The largest absolute Gasteiger partial charge is 0.318 e. The highest BCUT2D eigenvalue weighted by Crippen LogP contribution is 2.43. The van der Waals surface area contributed by atoms with Gasteiger partial charge in [0.15, 0.2) is 0 Å². The zero-order valence-electron chi connectivity index (χ0n) is 11.3. The van der Waals surface area contributed by atoms with E-state index in [2.05, 4.69) is 31.6 Å². The third kappa shape index (κ3) is 7.21. The Kier molecular flexibility index (Phi) is 10.0. The van der Waals surface area contributed by atoms with E-state index < -0.39 is 8.53 Å². The van der Waals surface area contributed by atoms with Crippen LogP contribution in [-0.4, -0.2) is 24.4 Å². The number of rotatable bonds is 9. The third-order valence-corrected chi connectivity index (χ3v) is 3.53. The topological polar surface area (TPSA) is 21.7 Å². The molecule has 0 atom stereocenters. The average molecular weight is 247 g/mol. The summed E-state index contributed by atoms with van der Waals surface area (Å²) in [6, 6.07) is 0. The molecule has 0 bridgehead atoms. The van der Waals surface area contributed by atoms with E-state index in [4.69, 9.17) is 9.05 Å². The molecule has 0 saturated carbocycles. The van der Waals surface area contributed by atoms with Gasteiger partial charge in [0.2, 0.25) is 0 Å². The molecule has 0 aromatic rings. The molecule has 0 spiro atoms. The van der Waals surface area contributed by atoms with Gasteiger partial charge in [0.05, 0.1) is 13.2 Å². The molecule has 0 aromatic carbocycles. The third-order valence-electron chi connectivity index (χ3n) is 1.84. The van der Waals surface area contributed by atoms with Crippen molar-refractivity contribution in [3.05, 3.63) is 11.8 Å². The molecule has 4 heteroatoms. The molecule has 0 aliphatic heterocycles. The molecule has 0 aliphatic carbocycles. The summed E-state index contributed by atoms with van der Waals surface area (Å²) in [6.45, 7) is 12.8. The van der Waals surface area contributed by atoms with Gasteiger partial charge in [-0.25, -0.2) is 0 Å². The average Bonchev–Trinajstić information content (AvgIpc) is 2.23. The molecule has 0 N–H and O–H groups in total. The summed E-state index contributed by atoms with van der Waals surface area (Å²) >= 11 is 0. The van der Waals surface area contributed by atoms with Crippen LogP contribution in [0.3, 0.4) is 0 Å². The van der Waals surface area contributed by atoms with Crippen LogP contribution in [0.1, 0.15) is 47.5 Å². The van der Waals surface area contributed by atoms with E-state index in [9.17, 15) is 0 Å². The van der Waals surface area contributed by atoms with Crippen molar-refractivity contribution in [1.82, 2.24) is 4.67 Å². The van der Waals surface area contributed by atoms with Crippen molar-refractivity contribution < 1.29 is 9.05 Å². The van der Waals surface area contributed by atoms with E-state index in [-0.39, 0.29) is 0 Å². The van der Waals surface area contributed by atoms with Crippen molar-refractivity contribution in [3.63, 3.8) is 0 Å². The van der Waals surface area contributed by atoms with E-state index >= 15 is 0 Å². The van der Waals surface area contributed by atoms with Gasteiger partial charge < -0.3 is 13.7 Å². The summed E-state index contributed by atoms with van der Waals surface area (Å²) in [5.74, 6) is 0. The molecule has 0 aliphatic rings. The fraction of sp³-hybridized carbons (Fsp3) is 0.833. The van der Waals surface area contributed by atoms with Gasteiger partial charge in [-0.05, 0) is 34.1 Å². The van der Waals surface area contributed by atoms with E-state index in [1.165, 1.54) is 18.4 Å². The maximum Gasteiger partial charge on any atom is 0.289 e. The van der Waals surface area contributed by atoms with Gasteiger partial charge in [0.25, 0.3) is 8.53 Å². The second-order valence-electron chi connectivity index (χ2n) is 3.80. The van der Waals surface area contributed by atoms with Gasteiger partial charge in [-0.15, -0.1) is 0 Å². The highest BCUT2D eigenvalue weighted by atomic mass is 31.2. The number of hydrogen-bond acceptors (Lipinski definition) is 3. The lowest BCUT2D eigenvalue weighted by Gasteiger charge is -2.28. The van der Waals surface area contributed by atoms with Crippen molar-refractivity contribution in [1.29, 1.82) is 0 Å². The zero-order chi connectivity index (χ0) is 12.4. The van der Waals surface area contributed by atoms with Crippen LogP contribution >= 0.6 is 8.53 Å². The maximum atomic E-state index is 5.67. The highest BCUT2D eigenvalue weighted by Gasteiger charge is 2.17. The second-order valence-corrected chi connectivity index (χ2v) is 5.30. The van der Waals surface area contributed by atoms with Crippen molar-refractivity contribution in [2.24, 2.45) is 0 Å². The summed E-state index contributed by atoms with van der Waals surface area (Å²) in [5, 5.41) is 0. The quantitative estimate of drug-likeness (QED) is 0.567. The molecule has 0 unspecified atom stereocenters. The van der Waals surface area contributed by atoms with Gasteiger partial charge in [0, 0.05) is 12.7 Å². The first kappa shape index (κ1) is 15.9.